The van der Waals surface area contributed by atoms with E-state index in [1.165, 1.54) is 5.38 Å². The van der Waals surface area contributed by atoms with Crippen LogP contribution >= 0.6 is 11.3 Å². The van der Waals surface area contributed by atoms with Gasteiger partial charge < -0.3 is 5.11 Å². The molecule has 1 heterocycles. The fraction of sp³-hybridized carbons (Fsp3) is 0.333. The van der Waals surface area contributed by atoms with Crippen molar-refractivity contribution in [3.63, 3.8) is 0 Å². The first kappa shape index (κ1) is 12.5. The van der Waals surface area contributed by atoms with Crippen LogP contribution in [0, 0.1) is 11.3 Å². The second kappa shape index (κ2) is 4.53. The first-order valence-electron chi connectivity index (χ1n) is 4.11. The molecule has 0 aromatic carbocycles. The van der Waals surface area contributed by atoms with Crippen LogP contribution in [0.4, 0.5) is 13.2 Å². The van der Waals surface area contributed by atoms with Crippen LogP contribution in [0.25, 0.3) is 0 Å². The van der Waals surface area contributed by atoms with Crippen molar-refractivity contribution in [1.82, 2.24) is 0 Å². The Bertz CT molecular complexity index is 433. The zero-order valence-corrected chi connectivity index (χ0v) is 8.60. The first-order valence-corrected chi connectivity index (χ1v) is 4.99. The molecule has 1 atom stereocenters. The molecule has 1 aromatic rings. The highest BCUT2D eigenvalue weighted by atomic mass is 32.1. The fourth-order valence-corrected chi connectivity index (χ4v) is 2.11. The van der Waals surface area contributed by atoms with Crippen LogP contribution in [0.5, 0.6) is 0 Å². The van der Waals surface area contributed by atoms with E-state index in [-0.39, 0.29) is 10.4 Å². The lowest BCUT2D eigenvalue weighted by atomic mass is 10.0. The molecule has 0 aliphatic carbocycles. The van der Waals surface area contributed by atoms with Crippen LogP contribution in [0.1, 0.15) is 22.8 Å². The van der Waals surface area contributed by atoms with E-state index in [2.05, 4.69) is 0 Å². The Kier molecular flexibility index (Phi) is 3.55. The third-order valence-corrected chi connectivity index (χ3v) is 2.91. The van der Waals surface area contributed by atoms with Crippen LogP contribution in [0.15, 0.2) is 11.4 Å². The van der Waals surface area contributed by atoms with E-state index in [0.717, 1.165) is 17.4 Å². The van der Waals surface area contributed by atoms with E-state index in [1.807, 2.05) is 0 Å². The van der Waals surface area contributed by atoms with E-state index < -0.39 is 24.5 Å². The molecule has 16 heavy (non-hydrogen) atoms. The van der Waals surface area contributed by atoms with Gasteiger partial charge in [-0.2, -0.15) is 18.4 Å². The molecule has 0 bridgehead atoms. The summed E-state index contributed by atoms with van der Waals surface area (Å²) in [4.78, 5) is 10.2. The summed E-state index contributed by atoms with van der Waals surface area (Å²) in [6, 6.07) is 2.78. The van der Waals surface area contributed by atoms with Gasteiger partial charge in [-0.25, -0.2) is 0 Å². The van der Waals surface area contributed by atoms with Crippen molar-refractivity contribution in [3.8, 4) is 6.07 Å². The van der Waals surface area contributed by atoms with E-state index in [9.17, 15) is 18.0 Å². The molecule has 1 N–H and O–H groups in total. The van der Waals surface area contributed by atoms with Gasteiger partial charge in [0.25, 0.3) is 0 Å². The number of hydrogen-bond acceptors (Lipinski definition) is 3. The quantitative estimate of drug-likeness (QED) is 0.895. The lowest BCUT2D eigenvalue weighted by molar-refractivity contribution is -0.162. The summed E-state index contributed by atoms with van der Waals surface area (Å²) in [5.74, 6) is -3.56. The van der Waals surface area contributed by atoms with Gasteiger partial charge in [-0.15, -0.1) is 11.3 Å². The summed E-state index contributed by atoms with van der Waals surface area (Å²) < 4.78 is 37.6. The van der Waals surface area contributed by atoms with Gasteiger partial charge in [0.05, 0.1) is 17.9 Å². The molecule has 3 nitrogen and oxygen atoms in total. The number of rotatable bonds is 3. The van der Waals surface area contributed by atoms with Crippen LogP contribution < -0.4 is 0 Å². The number of carbonyl (C=O) groups is 1. The minimum atomic E-state index is -4.62. The third-order valence-electron chi connectivity index (χ3n) is 1.87. The Morgan fingerprint density at radius 1 is 1.62 bits per heavy atom. The number of thiophene rings is 1. The third kappa shape index (κ3) is 2.97. The smallest absolute Gasteiger partial charge is 0.397 e. The predicted octanol–water partition coefficient (Wildman–Crippen LogP) is 2.74. The van der Waals surface area contributed by atoms with Crippen molar-refractivity contribution in [2.75, 3.05) is 0 Å². The van der Waals surface area contributed by atoms with E-state index in [4.69, 9.17) is 10.4 Å². The van der Waals surface area contributed by atoms with Crippen molar-refractivity contribution in [2.24, 2.45) is 0 Å². The highest BCUT2D eigenvalue weighted by molar-refractivity contribution is 7.10. The number of hydrogen-bond donors (Lipinski definition) is 1. The van der Waals surface area contributed by atoms with Crippen LogP contribution in [-0.4, -0.2) is 17.3 Å². The number of carboxylic acids is 1. The number of carboxylic acid groups (broad SMARTS) is 1. The summed E-state index contributed by atoms with van der Waals surface area (Å²) in [6.07, 6.45) is -5.63. The Morgan fingerprint density at radius 3 is 2.62 bits per heavy atom. The molecule has 7 heteroatoms. The second-order valence-electron chi connectivity index (χ2n) is 3.04. The molecular formula is C9H6F3NO2S. The van der Waals surface area contributed by atoms with Gasteiger partial charge in [0.1, 0.15) is 6.07 Å². The summed E-state index contributed by atoms with van der Waals surface area (Å²) in [5.41, 5.74) is 0.111. The maximum Gasteiger partial charge on any atom is 0.397 e. The van der Waals surface area contributed by atoms with Crippen molar-refractivity contribution in [3.05, 3.63) is 21.9 Å². The predicted molar refractivity (Wildman–Crippen MR) is 50.1 cm³/mol. The lowest BCUT2D eigenvalue weighted by Gasteiger charge is -2.16. The van der Waals surface area contributed by atoms with Gasteiger partial charge in [-0.05, 0) is 6.07 Å². The van der Waals surface area contributed by atoms with Crippen molar-refractivity contribution < 1.29 is 23.1 Å². The first-order chi connectivity index (χ1) is 7.34. The molecule has 0 saturated carbocycles. The minimum absolute atomic E-state index is 0.111. The zero-order chi connectivity index (χ0) is 12.3. The van der Waals surface area contributed by atoms with Crippen LogP contribution in [0.2, 0.25) is 0 Å². The lowest BCUT2D eigenvalue weighted by Crippen LogP contribution is -2.22. The largest absolute Gasteiger partial charge is 0.481 e. The molecule has 0 aliphatic heterocycles. The van der Waals surface area contributed by atoms with E-state index >= 15 is 0 Å². The molecule has 1 unspecified atom stereocenters. The molecule has 0 aliphatic rings. The number of alkyl halides is 3. The molecule has 0 radical (unpaired) electrons. The standard InChI is InChI=1S/C9H6F3NO2S/c10-9(11,12)6(2-8(14)15)7-1-5(3-13)4-16-7/h1,4,6H,2H2,(H,14,15). The maximum absolute atomic E-state index is 12.5. The fourth-order valence-electron chi connectivity index (χ4n) is 1.15. The Hall–Kier alpha value is -1.55. The van der Waals surface area contributed by atoms with E-state index in [0.29, 0.717) is 0 Å². The van der Waals surface area contributed by atoms with Crippen LogP contribution in [0.3, 0.4) is 0 Å². The highest BCUT2D eigenvalue weighted by Gasteiger charge is 2.42. The number of aliphatic carboxylic acids is 1. The average Bonchev–Trinajstić information content (AvgIpc) is 2.60. The van der Waals surface area contributed by atoms with Gasteiger partial charge >= 0.3 is 12.1 Å². The summed E-state index contributed by atoms with van der Waals surface area (Å²) in [6.45, 7) is 0. The molecular weight excluding hydrogens is 243 g/mol. The number of nitriles is 1. The summed E-state index contributed by atoms with van der Waals surface area (Å²) in [5, 5.41) is 18.2. The van der Waals surface area contributed by atoms with Crippen molar-refractivity contribution in [1.29, 1.82) is 5.26 Å². The van der Waals surface area contributed by atoms with Crippen LogP contribution in [-0.2, 0) is 4.79 Å². The van der Waals surface area contributed by atoms with Gasteiger partial charge in [0.15, 0.2) is 0 Å². The minimum Gasteiger partial charge on any atom is -0.481 e. The molecule has 1 aromatic heterocycles. The van der Waals surface area contributed by atoms with E-state index in [1.54, 1.807) is 6.07 Å². The number of nitrogens with zero attached hydrogens (tertiary/aromatic N) is 1. The monoisotopic (exact) mass is 249 g/mol. The van der Waals surface area contributed by atoms with Gasteiger partial charge in [0.2, 0.25) is 0 Å². The Labute approximate surface area is 92.7 Å². The molecule has 0 amide bonds. The molecule has 1 rings (SSSR count). The Morgan fingerprint density at radius 2 is 2.25 bits per heavy atom. The van der Waals surface area contributed by atoms with Crippen molar-refractivity contribution in [2.45, 2.75) is 18.5 Å². The SMILES string of the molecule is N#Cc1csc(C(CC(=O)O)C(F)(F)F)c1. The molecule has 86 valence electrons. The topological polar surface area (TPSA) is 61.1 Å². The van der Waals surface area contributed by atoms with Crippen molar-refractivity contribution >= 4 is 17.3 Å². The zero-order valence-electron chi connectivity index (χ0n) is 7.78. The maximum atomic E-state index is 12.5. The second-order valence-corrected chi connectivity index (χ2v) is 3.98. The molecule has 0 fully saturated rings. The summed E-state index contributed by atoms with van der Waals surface area (Å²) in [7, 11) is 0. The van der Waals surface area contributed by atoms with Gasteiger partial charge in [-0.3, -0.25) is 4.79 Å². The normalized spacial score (nSPS) is 13.1. The molecule has 0 saturated heterocycles. The highest BCUT2D eigenvalue weighted by Crippen LogP contribution is 2.40. The Balaban J connectivity index is 3.02. The molecule has 0 spiro atoms. The van der Waals surface area contributed by atoms with Gasteiger partial charge in [-0.1, -0.05) is 0 Å². The summed E-state index contributed by atoms with van der Waals surface area (Å²) >= 11 is 0.745. The average molecular weight is 249 g/mol. The van der Waals surface area contributed by atoms with Gasteiger partial charge in [0, 0.05) is 10.3 Å². The number of halogens is 3.